The molecule has 6 heteroatoms. The van der Waals surface area contributed by atoms with Gasteiger partial charge in [0.2, 0.25) is 0 Å². The molecular weight excluding hydrogens is 362 g/mol. The molecule has 3 aromatic rings. The molecule has 0 atom stereocenters. The van der Waals surface area contributed by atoms with Gasteiger partial charge >= 0.3 is 0 Å². The zero-order valence-corrected chi connectivity index (χ0v) is 16.2. The van der Waals surface area contributed by atoms with Crippen molar-refractivity contribution in [1.29, 1.82) is 0 Å². The van der Waals surface area contributed by atoms with Crippen LogP contribution in [0.25, 0.3) is 0 Å². The van der Waals surface area contributed by atoms with E-state index in [1.165, 1.54) is 0 Å². The quantitative estimate of drug-likeness (QED) is 0.607. The molecule has 1 aromatic heterocycles. The van der Waals surface area contributed by atoms with E-state index in [2.05, 4.69) is 5.10 Å². The fraction of sp³-hybridized carbons (Fsp3) is 0.238. The second-order valence-corrected chi connectivity index (χ2v) is 6.65. The number of carbonyl (C=O) groups excluding carboxylic acids is 1. The number of aromatic nitrogens is 2. The summed E-state index contributed by atoms with van der Waals surface area (Å²) in [4.78, 5) is 14.4. The van der Waals surface area contributed by atoms with Crippen LogP contribution in [0.5, 0.6) is 5.75 Å². The van der Waals surface area contributed by atoms with E-state index in [0.29, 0.717) is 29.5 Å². The van der Waals surface area contributed by atoms with Crippen LogP contribution >= 0.6 is 11.6 Å². The molecule has 140 valence electrons. The average Bonchev–Trinajstić information content (AvgIpc) is 3.14. The van der Waals surface area contributed by atoms with Gasteiger partial charge in [-0.2, -0.15) is 5.10 Å². The summed E-state index contributed by atoms with van der Waals surface area (Å²) in [6.07, 6.45) is 1.92. The lowest BCUT2D eigenvalue weighted by atomic mass is 10.1. The first kappa shape index (κ1) is 19.0. The predicted octanol–water partition coefficient (Wildman–Crippen LogP) is 4.41. The van der Waals surface area contributed by atoms with E-state index in [-0.39, 0.29) is 5.91 Å². The predicted molar refractivity (Wildman–Crippen MR) is 106 cm³/mol. The first-order valence-electron chi connectivity index (χ1n) is 8.81. The van der Waals surface area contributed by atoms with Crippen LogP contribution < -0.4 is 4.74 Å². The SMILES string of the molecule is CCn1ccc(CN(C)C(=O)c2cccc(COc3ccccc3Cl)c2)n1. The molecule has 0 aliphatic heterocycles. The van der Waals surface area contributed by atoms with E-state index >= 15 is 0 Å². The van der Waals surface area contributed by atoms with Crippen molar-refractivity contribution >= 4 is 17.5 Å². The number of halogens is 1. The smallest absolute Gasteiger partial charge is 0.253 e. The van der Waals surface area contributed by atoms with Gasteiger partial charge in [0.15, 0.2) is 0 Å². The number of hydrogen-bond acceptors (Lipinski definition) is 3. The van der Waals surface area contributed by atoms with Crippen molar-refractivity contribution in [2.45, 2.75) is 26.6 Å². The molecule has 2 aromatic carbocycles. The summed E-state index contributed by atoms with van der Waals surface area (Å²) in [5.41, 5.74) is 2.39. The molecule has 1 heterocycles. The van der Waals surface area contributed by atoms with Crippen LogP contribution in [0.4, 0.5) is 0 Å². The number of rotatable bonds is 7. The molecule has 0 saturated carbocycles. The van der Waals surface area contributed by atoms with Crippen LogP contribution in [0.2, 0.25) is 5.02 Å². The van der Waals surface area contributed by atoms with Gasteiger partial charge in [0.25, 0.3) is 5.91 Å². The van der Waals surface area contributed by atoms with E-state index in [4.69, 9.17) is 16.3 Å². The molecule has 0 fully saturated rings. The minimum absolute atomic E-state index is 0.0550. The van der Waals surface area contributed by atoms with Gasteiger partial charge in [0, 0.05) is 25.4 Å². The number of nitrogens with zero attached hydrogens (tertiary/aromatic N) is 3. The first-order chi connectivity index (χ1) is 13.1. The molecule has 1 amide bonds. The van der Waals surface area contributed by atoms with E-state index < -0.39 is 0 Å². The van der Waals surface area contributed by atoms with Crippen molar-refractivity contribution < 1.29 is 9.53 Å². The summed E-state index contributed by atoms with van der Waals surface area (Å²) in [5.74, 6) is 0.570. The molecule has 0 radical (unpaired) electrons. The zero-order valence-electron chi connectivity index (χ0n) is 15.4. The molecule has 0 bridgehead atoms. The van der Waals surface area contributed by atoms with Crippen LogP contribution in [0.15, 0.2) is 60.8 Å². The molecule has 5 nitrogen and oxygen atoms in total. The Kier molecular flexibility index (Phi) is 6.14. The van der Waals surface area contributed by atoms with Gasteiger partial charge in [-0.1, -0.05) is 35.9 Å². The largest absolute Gasteiger partial charge is 0.487 e. The third-order valence-corrected chi connectivity index (χ3v) is 4.48. The molecule has 0 unspecified atom stereocenters. The lowest BCUT2D eigenvalue weighted by molar-refractivity contribution is 0.0783. The Labute approximate surface area is 164 Å². The molecule has 3 rings (SSSR count). The molecule has 0 aliphatic rings. The Bertz CT molecular complexity index is 923. The van der Waals surface area contributed by atoms with Crippen molar-refractivity contribution in [2.24, 2.45) is 0 Å². The summed E-state index contributed by atoms with van der Waals surface area (Å²) in [7, 11) is 1.78. The standard InChI is InChI=1S/C21H22ClN3O2/c1-3-25-12-11-18(23-25)14-24(2)21(26)17-8-6-7-16(13-17)15-27-20-10-5-4-9-19(20)22/h4-13H,3,14-15H2,1-2H3. The fourth-order valence-electron chi connectivity index (χ4n) is 2.72. The van der Waals surface area contributed by atoms with Crippen LogP contribution in [-0.2, 0) is 19.7 Å². The van der Waals surface area contributed by atoms with Crippen LogP contribution in [0, 0.1) is 0 Å². The number of hydrogen-bond donors (Lipinski definition) is 0. The number of para-hydroxylation sites is 1. The van der Waals surface area contributed by atoms with Crippen molar-refractivity contribution in [1.82, 2.24) is 14.7 Å². The number of amides is 1. The molecule has 0 spiro atoms. The van der Waals surface area contributed by atoms with Crippen molar-refractivity contribution in [3.63, 3.8) is 0 Å². The number of aryl methyl sites for hydroxylation is 1. The number of ether oxygens (including phenoxy) is 1. The summed E-state index contributed by atoms with van der Waals surface area (Å²) in [6, 6.07) is 16.7. The topological polar surface area (TPSA) is 47.4 Å². The van der Waals surface area contributed by atoms with Crippen molar-refractivity contribution in [2.75, 3.05) is 7.05 Å². The van der Waals surface area contributed by atoms with E-state index in [0.717, 1.165) is 17.8 Å². The van der Waals surface area contributed by atoms with Crippen LogP contribution in [0.1, 0.15) is 28.5 Å². The molecule has 27 heavy (non-hydrogen) atoms. The van der Waals surface area contributed by atoms with Gasteiger partial charge in [-0.25, -0.2) is 0 Å². The van der Waals surface area contributed by atoms with E-state index in [1.54, 1.807) is 18.0 Å². The molecule has 0 N–H and O–H groups in total. The minimum Gasteiger partial charge on any atom is -0.487 e. The van der Waals surface area contributed by atoms with Crippen LogP contribution in [-0.4, -0.2) is 27.6 Å². The normalized spacial score (nSPS) is 10.6. The monoisotopic (exact) mass is 383 g/mol. The first-order valence-corrected chi connectivity index (χ1v) is 9.18. The van der Waals surface area contributed by atoms with E-state index in [9.17, 15) is 4.79 Å². The van der Waals surface area contributed by atoms with E-state index in [1.807, 2.05) is 66.3 Å². The number of carbonyl (C=O) groups is 1. The van der Waals surface area contributed by atoms with Crippen molar-refractivity contribution in [3.05, 3.63) is 82.6 Å². The second-order valence-electron chi connectivity index (χ2n) is 6.24. The molecular formula is C21H22ClN3O2. The third kappa shape index (κ3) is 4.89. The zero-order chi connectivity index (χ0) is 19.2. The van der Waals surface area contributed by atoms with Gasteiger partial charge in [0.05, 0.1) is 17.3 Å². The van der Waals surface area contributed by atoms with Gasteiger partial charge in [0.1, 0.15) is 12.4 Å². The summed E-state index contributed by atoms with van der Waals surface area (Å²) in [6.45, 7) is 3.65. The lowest BCUT2D eigenvalue weighted by Crippen LogP contribution is -2.26. The maximum atomic E-state index is 12.7. The lowest BCUT2D eigenvalue weighted by Gasteiger charge is -2.16. The summed E-state index contributed by atoms with van der Waals surface area (Å²) >= 11 is 6.11. The van der Waals surface area contributed by atoms with Gasteiger partial charge in [-0.3, -0.25) is 9.48 Å². The summed E-state index contributed by atoms with van der Waals surface area (Å²) in [5, 5.41) is 4.99. The van der Waals surface area contributed by atoms with Crippen LogP contribution in [0.3, 0.4) is 0 Å². The molecule has 0 saturated heterocycles. The van der Waals surface area contributed by atoms with Gasteiger partial charge in [-0.05, 0) is 42.8 Å². The highest BCUT2D eigenvalue weighted by atomic mass is 35.5. The average molecular weight is 384 g/mol. The fourth-order valence-corrected chi connectivity index (χ4v) is 2.91. The highest BCUT2D eigenvalue weighted by Gasteiger charge is 2.14. The Morgan fingerprint density at radius 2 is 2.00 bits per heavy atom. The number of benzene rings is 2. The van der Waals surface area contributed by atoms with Crippen molar-refractivity contribution in [3.8, 4) is 5.75 Å². The Morgan fingerprint density at radius 3 is 2.74 bits per heavy atom. The highest BCUT2D eigenvalue weighted by molar-refractivity contribution is 6.32. The molecule has 0 aliphatic carbocycles. The summed E-state index contributed by atoms with van der Waals surface area (Å²) < 4.78 is 7.61. The maximum absolute atomic E-state index is 12.7. The van der Waals surface area contributed by atoms with Gasteiger partial charge < -0.3 is 9.64 Å². The Morgan fingerprint density at radius 1 is 1.19 bits per heavy atom. The third-order valence-electron chi connectivity index (χ3n) is 4.17. The Hall–Kier alpha value is -2.79. The minimum atomic E-state index is -0.0550. The van der Waals surface area contributed by atoms with Gasteiger partial charge in [-0.15, -0.1) is 0 Å². The second kappa shape index (κ2) is 8.73. The Balaban J connectivity index is 1.65. The highest BCUT2D eigenvalue weighted by Crippen LogP contribution is 2.24. The maximum Gasteiger partial charge on any atom is 0.253 e.